The molecule has 1 heterocycles. The van der Waals surface area contributed by atoms with E-state index >= 15 is 0 Å². The lowest BCUT2D eigenvalue weighted by atomic mass is 10.0. The van der Waals surface area contributed by atoms with Gasteiger partial charge < -0.3 is 5.32 Å². The zero-order chi connectivity index (χ0) is 13.3. The molecule has 96 valence electrons. The molecule has 0 aliphatic rings. The highest BCUT2D eigenvalue weighted by atomic mass is 79.9. The molecule has 6 heteroatoms. The van der Waals surface area contributed by atoms with Gasteiger partial charge in [-0.1, -0.05) is 35.3 Å². The van der Waals surface area contributed by atoms with Crippen molar-refractivity contribution in [2.75, 3.05) is 7.05 Å². The second kappa shape index (κ2) is 5.61. The Bertz CT molecular complexity index is 549. The number of aryl methyl sites for hydroxylation is 1. The topological polar surface area (TPSA) is 29.9 Å². The van der Waals surface area contributed by atoms with Crippen molar-refractivity contribution in [3.8, 4) is 0 Å². The highest BCUT2D eigenvalue weighted by Crippen LogP contribution is 2.35. The van der Waals surface area contributed by atoms with Crippen LogP contribution in [-0.2, 0) is 7.05 Å². The van der Waals surface area contributed by atoms with E-state index in [2.05, 4.69) is 26.3 Å². The van der Waals surface area contributed by atoms with E-state index in [1.165, 1.54) is 0 Å². The smallest absolute Gasteiger partial charge is 0.0772 e. The zero-order valence-corrected chi connectivity index (χ0v) is 13.0. The monoisotopic (exact) mass is 347 g/mol. The number of nitrogens with one attached hydrogen (secondary N) is 1. The lowest BCUT2D eigenvalue weighted by molar-refractivity contribution is 0.604. The third-order valence-electron chi connectivity index (χ3n) is 2.79. The summed E-state index contributed by atoms with van der Waals surface area (Å²) in [5.74, 6) is 0. The van der Waals surface area contributed by atoms with E-state index in [0.29, 0.717) is 10.0 Å². The molecule has 1 unspecified atom stereocenters. The summed E-state index contributed by atoms with van der Waals surface area (Å²) >= 11 is 15.8. The van der Waals surface area contributed by atoms with Crippen molar-refractivity contribution in [2.45, 2.75) is 6.04 Å². The molecule has 0 saturated carbocycles. The van der Waals surface area contributed by atoms with Crippen LogP contribution < -0.4 is 5.32 Å². The summed E-state index contributed by atoms with van der Waals surface area (Å²) in [6.07, 6.45) is 1.76. The number of benzene rings is 1. The molecule has 0 radical (unpaired) electrons. The Morgan fingerprint density at radius 2 is 2.11 bits per heavy atom. The van der Waals surface area contributed by atoms with Gasteiger partial charge >= 0.3 is 0 Å². The maximum Gasteiger partial charge on any atom is 0.0772 e. The molecule has 1 aromatic carbocycles. The zero-order valence-electron chi connectivity index (χ0n) is 9.92. The van der Waals surface area contributed by atoms with Crippen LogP contribution in [0.15, 0.2) is 28.9 Å². The third-order valence-corrected chi connectivity index (χ3v) is 4.24. The third kappa shape index (κ3) is 2.43. The highest BCUT2D eigenvalue weighted by molar-refractivity contribution is 9.10. The van der Waals surface area contributed by atoms with Crippen LogP contribution >= 0.6 is 39.1 Å². The van der Waals surface area contributed by atoms with Gasteiger partial charge in [0, 0.05) is 7.05 Å². The number of aromatic nitrogens is 2. The van der Waals surface area contributed by atoms with Crippen molar-refractivity contribution in [1.29, 1.82) is 0 Å². The Morgan fingerprint density at radius 3 is 2.67 bits per heavy atom. The molecular weight excluding hydrogens is 337 g/mol. The summed E-state index contributed by atoms with van der Waals surface area (Å²) < 4.78 is 2.74. The van der Waals surface area contributed by atoms with E-state index in [-0.39, 0.29) is 6.04 Å². The summed E-state index contributed by atoms with van der Waals surface area (Å²) in [6.45, 7) is 0. The molecule has 1 atom stereocenters. The Kier molecular flexibility index (Phi) is 4.33. The molecule has 1 aromatic heterocycles. The van der Waals surface area contributed by atoms with Crippen molar-refractivity contribution in [1.82, 2.24) is 15.1 Å². The summed E-state index contributed by atoms with van der Waals surface area (Å²) in [7, 11) is 3.77. The molecule has 18 heavy (non-hydrogen) atoms. The van der Waals surface area contributed by atoms with Gasteiger partial charge in [-0.25, -0.2) is 0 Å². The molecule has 3 nitrogen and oxygen atoms in total. The molecule has 2 rings (SSSR count). The van der Waals surface area contributed by atoms with Gasteiger partial charge in [-0.3, -0.25) is 4.68 Å². The average molecular weight is 349 g/mol. The maximum atomic E-state index is 6.27. The van der Waals surface area contributed by atoms with Crippen molar-refractivity contribution in [3.05, 3.63) is 50.2 Å². The van der Waals surface area contributed by atoms with Gasteiger partial charge in [0.25, 0.3) is 0 Å². The minimum absolute atomic E-state index is 0.0712. The van der Waals surface area contributed by atoms with Gasteiger partial charge in [-0.15, -0.1) is 0 Å². The first-order valence-electron chi connectivity index (χ1n) is 5.34. The van der Waals surface area contributed by atoms with E-state index in [9.17, 15) is 0 Å². The molecule has 0 bridgehead atoms. The predicted octanol–water partition coefficient (Wildman–Crippen LogP) is 3.80. The molecule has 0 saturated heterocycles. The van der Waals surface area contributed by atoms with Gasteiger partial charge in [-0.05, 0) is 34.6 Å². The van der Waals surface area contributed by atoms with Crippen molar-refractivity contribution in [2.24, 2.45) is 7.05 Å². The summed E-state index contributed by atoms with van der Waals surface area (Å²) in [5, 5.41) is 8.56. The van der Waals surface area contributed by atoms with Crippen molar-refractivity contribution in [3.63, 3.8) is 0 Å². The van der Waals surface area contributed by atoms with Crippen molar-refractivity contribution < 1.29 is 0 Å². The SMILES string of the molecule is CNC(c1cccc(Cl)c1Cl)c1c(Br)cnn1C. The minimum atomic E-state index is -0.0712. The molecule has 0 spiro atoms. The van der Waals surface area contributed by atoms with Crippen LogP contribution in [0.1, 0.15) is 17.3 Å². The number of hydrogen-bond donors (Lipinski definition) is 1. The van der Waals surface area contributed by atoms with Crippen LogP contribution in [0, 0.1) is 0 Å². The predicted molar refractivity (Wildman–Crippen MR) is 78.3 cm³/mol. The first kappa shape index (κ1) is 13.9. The summed E-state index contributed by atoms with van der Waals surface area (Å²) in [6, 6.07) is 5.55. The van der Waals surface area contributed by atoms with Crippen LogP contribution in [-0.4, -0.2) is 16.8 Å². The van der Waals surface area contributed by atoms with Gasteiger partial charge in [0.1, 0.15) is 0 Å². The lowest BCUT2D eigenvalue weighted by Gasteiger charge is -2.19. The normalized spacial score (nSPS) is 12.7. The first-order valence-corrected chi connectivity index (χ1v) is 6.89. The van der Waals surface area contributed by atoms with Crippen LogP contribution in [0.4, 0.5) is 0 Å². The first-order chi connectivity index (χ1) is 8.56. The molecule has 0 fully saturated rings. The maximum absolute atomic E-state index is 6.27. The Hall–Kier alpha value is -0.550. The quantitative estimate of drug-likeness (QED) is 0.914. The highest BCUT2D eigenvalue weighted by Gasteiger charge is 2.22. The van der Waals surface area contributed by atoms with Crippen LogP contribution in [0.3, 0.4) is 0 Å². The van der Waals surface area contributed by atoms with Gasteiger partial charge in [-0.2, -0.15) is 5.10 Å². The average Bonchev–Trinajstić information content (AvgIpc) is 2.67. The molecule has 2 aromatic rings. The number of hydrogen-bond acceptors (Lipinski definition) is 2. The van der Waals surface area contributed by atoms with Crippen molar-refractivity contribution >= 4 is 39.1 Å². The van der Waals surface area contributed by atoms with Gasteiger partial charge in [0.15, 0.2) is 0 Å². The second-order valence-electron chi connectivity index (χ2n) is 3.87. The number of rotatable bonds is 3. The van der Waals surface area contributed by atoms with Gasteiger partial charge in [0.2, 0.25) is 0 Å². The molecular formula is C12H12BrCl2N3. The fourth-order valence-electron chi connectivity index (χ4n) is 1.93. The Balaban J connectivity index is 2.56. The number of halogens is 3. The molecule has 0 aliphatic carbocycles. The molecule has 0 aliphatic heterocycles. The Labute approximate surface area is 124 Å². The van der Waals surface area contributed by atoms with E-state index in [1.54, 1.807) is 12.3 Å². The van der Waals surface area contributed by atoms with E-state index in [1.807, 2.05) is 30.9 Å². The van der Waals surface area contributed by atoms with E-state index in [4.69, 9.17) is 23.2 Å². The lowest BCUT2D eigenvalue weighted by Crippen LogP contribution is -2.21. The van der Waals surface area contributed by atoms with Crippen LogP contribution in [0.5, 0.6) is 0 Å². The van der Waals surface area contributed by atoms with E-state index < -0.39 is 0 Å². The summed E-state index contributed by atoms with van der Waals surface area (Å²) in [5.41, 5.74) is 1.93. The Morgan fingerprint density at radius 1 is 1.39 bits per heavy atom. The largest absolute Gasteiger partial charge is 0.308 e. The standard InChI is InChI=1S/C12H12BrCl2N3/c1-16-11(12-8(13)6-17-18(12)2)7-4-3-5-9(14)10(7)15/h3-6,11,16H,1-2H3. The molecule has 1 N–H and O–H groups in total. The van der Waals surface area contributed by atoms with Crippen LogP contribution in [0.2, 0.25) is 10.0 Å². The van der Waals surface area contributed by atoms with Gasteiger partial charge in [0.05, 0.1) is 32.5 Å². The second-order valence-corrected chi connectivity index (χ2v) is 5.51. The summed E-state index contributed by atoms with van der Waals surface area (Å²) in [4.78, 5) is 0. The van der Waals surface area contributed by atoms with Crippen LogP contribution in [0.25, 0.3) is 0 Å². The number of nitrogens with zero attached hydrogens (tertiary/aromatic N) is 2. The minimum Gasteiger partial charge on any atom is -0.308 e. The van der Waals surface area contributed by atoms with E-state index in [0.717, 1.165) is 15.7 Å². The fraction of sp³-hybridized carbons (Fsp3) is 0.250. The molecule has 0 amide bonds. The fourth-order valence-corrected chi connectivity index (χ4v) is 2.92.